The Kier molecular flexibility index (Phi) is 4.26. The molecule has 3 aliphatic heterocycles. The van der Waals surface area contributed by atoms with E-state index in [4.69, 9.17) is 9.47 Å². The van der Waals surface area contributed by atoms with Gasteiger partial charge in [0.05, 0.1) is 17.7 Å². The van der Waals surface area contributed by atoms with E-state index in [1.807, 2.05) is 23.1 Å². The number of nitrogens with zero attached hydrogens (tertiary/aromatic N) is 2. The third kappa shape index (κ3) is 2.92. The second-order valence-electron chi connectivity index (χ2n) is 6.22. The van der Waals surface area contributed by atoms with Crippen molar-refractivity contribution in [1.82, 2.24) is 9.80 Å². The summed E-state index contributed by atoms with van der Waals surface area (Å²) >= 11 is 1.56. The van der Waals surface area contributed by atoms with Crippen LogP contribution < -0.4 is 9.47 Å². The lowest BCUT2D eigenvalue weighted by Crippen LogP contribution is -2.40. The Morgan fingerprint density at radius 3 is 2.88 bits per heavy atom. The average molecular weight is 348 g/mol. The zero-order valence-electron chi connectivity index (χ0n) is 13.4. The first-order valence-corrected chi connectivity index (χ1v) is 9.42. The fourth-order valence-electron chi connectivity index (χ4n) is 3.47. The standard InChI is InChI=1S/C17H20N2O4S/c20-16(9-18-11-24-10-17(18)21)19-5-1-2-13(19)12-3-4-14-15(8-12)23-7-6-22-14/h3-4,8,13H,1-2,5-7,9-11H2/t13-/m1/s1. The molecule has 3 aliphatic rings. The number of hydrogen-bond acceptors (Lipinski definition) is 5. The predicted molar refractivity (Wildman–Crippen MR) is 90.2 cm³/mol. The molecule has 2 fully saturated rings. The molecule has 0 N–H and O–H groups in total. The van der Waals surface area contributed by atoms with Gasteiger partial charge in [0.1, 0.15) is 19.8 Å². The molecule has 0 spiro atoms. The van der Waals surface area contributed by atoms with Crippen LogP contribution in [0.4, 0.5) is 0 Å². The van der Waals surface area contributed by atoms with Crippen LogP contribution in [0, 0.1) is 0 Å². The molecule has 0 radical (unpaired) electrons. The molecule has 0 unspecified atom stereocenters. The summed E-state index contributed by atoms with van der Waals surface area (Å²) in [7, 11) is 0. The van der Waals surface area contributed by atoms with Crippen LogP contribution in [0.1, 0.15) is 24.4 Å². The highest BCUT2D eigenvalue weighted by Gasteiger charge is 2.33. The normalized spacial score (nSPS) is 23.0. The second-order valence-corrected chi connectivity index (χ2v) is 7.17. The summed E-state index contributed by atoms with van der Waals surface area (Å²) in [6.45, 7) is 2.06. The van der Waals surface area contributed by atoms with Crippen LogP contribution in [0.5, 0.6) is 11.5 Å². The van der Waals surface area contributed by atoms with Gasteiger partial charge in [-0.25, -0.2) is 0 Å². The molecule has 1 aromatic rings. The third-order valence-corrected chi connectivity index (χ3v) is 5.62. The summed E-state index contributed by atoms with van der Waals surface area (Å²) in [6, 6.07) is 5.98. The van der Waals surface area contributed by atoms with Crippen molar-refractivity contribution in [2.75, 3.05) is 37.9 Å². The zero-order chi connectivity index (χ0) is 16.5. The molecule has 0 aliphatic carbocycles. The van der Waals surface area contributed by atoms with Crippen molar-refractivity contribution in [2.24, 2.45) is 0 Å². The van der Waals surface area contributed by atoms with E-state index in [1.165, 1.54) is 0 Å². The Balaban J connectivity index is 1.50. The van der Waals surface area contributed by atoms with Gasteiger partial charge in [0.25, 0.3) is 0 Å². The topological polar surface area (TPSA) is 59.1 Å². The molecule has 4 rings (SSSR count). The predicted octanol–water partition coefficient (Wildman–Crippen LogP) is 1.65. The highest BCUT2D eigenvalue weighted by molar-refractivity contribution is 8.00. The van der Waals surface area contributed by atoms with E-state index in [0.717, 1.165) is 36.4 Å². The summed E-state index contributed by atoms with van der Waals surface area (Å²) in [5, 5.41) is 0. The van der Waals surface area contributed by atoms with Gasteiger partial charge in [-0.05, 0) is 30.5 Å². The first-order valence-electron chi connectivity index (χ1n) is 8.27. The lowest BCUT2D eigenvalue weighted by atomic mass is 10.0. The molecule has 0 saturated carbocycles. The highest BCUT2D eigenvalue weighted by atomic mass is 32.2. The van der Waals surface area contributed by atoms with Gasteiger partial charge in [-0.1, -0.05) is 6.07 Å². The molecule has 7 heteroatoms. The molecule has 0 bridgehead atoms. The van der Waals surface area contributed by atoms with Gasteiger partial charge < -0.3 is 19.3 Å². The van der Waals surface area contributed by atoms with Gasteiger partial charge in [-0.3, -0.25) is 9.59 Å². The summed E-state index contributed by atoms with van der Waals surface area (Å²) in [5.74, 6) is 2.71. The molecule has 24 heavy (non-hydrogen) atoms. The Morgan fingerprint density at radius 2 is 2.08 bits per heavy atom. The van der Waals surface area contributed by atoms with E-state index in [1.54, 1.807) is 16.7 Å². The molecule has 3 heterocycles. The van der Waals surface area contributed by atoms with Crippen molar-refractivity contribution in [1.29, 1.82) is 0 Å². The first kappa shape index (κ1) is 15.6. The van der Waals surface area contributed by atoms with E-state index in [2.05, 4.69) is 0 Å². The van der Waals surface area contributed by atoms with Crippen molar-refractivity contribution < 1.29 is 19.1 Å². The van der Waals surface area contributed by atoms with Gasteiger partial charge in [0.15, 0.2) is 11.5 Å². The van der Waals surface area contributed by atoms with Crippen LogP contribution >= 0.6 is 11.8 Å². The lowest BCUT2D eigenvalue weighted by molar-refractivity contribution is -0.138. The summed E-state index contributed by atoms with van der Waals surface area (Å²) in [4.78, 5) is 28.0. The van der Waals surface area contributed by atoms with Gasteiger partial charge >= 0.3 is 0 Å². The Morgan fingerprint density at radius 1 is 1.25 bits per heavy atom. The molecular weight excluding hydrogens is 328 g/mol. The lowest BCUT2D eigenvalue weighted by Gasteiger charge is -2.28. The maximum absolute atomic E-state index is 12.7. The van der Waals surface area contributed by atoms with Crippen LogP contribution in [-0.4, -0.2) is 59.5 Å². The van der Waals surface area contributed by atoms with Crippen molar-refractivity contribution in [3.05, 3.63) is 23.8 Å². The maximum atomic E-state index is 12.7. The maximum Gasteiger partial charge on any atom is 0.242 e. The number of ether oxygens (including phenoxy) is 2. The van der Waals surface area contributed by atoms with Crippen molar-refractivity contribution >= 4 is 23.6 Å². The van der Waals surface area contributed by atoms with Crippen LogP contribution in [0.3, 0.4) is 0 Å². The molecule has 6 nitrogen and oxygen atoms in total. The summed E-state index contributed by atoms with van der Waals surface area (Å²) < 4.78 is 11.2. The minimum absolute atomic E-state index is 0.0308. The van der Waals surface area contributed by atoms with Gasteiger partial charge in [-0.2, -0.15) is 0 Å². The van der Waals surface area contributed by atoms with Crippen LogP contribution in [0.2, 0.25) is 0 Å². The number of amides is 2. The smallest absolute Gasteiger partial charge is 0.242 e. The minimum atomic E-state index is 0.0308. The molecule has 1 aromatic carbocycles. The van der Waals surface area contributed by atoms with Crippen molar-refractivity contribution in [3.8, 4) is 11.5 Å². The van der Waals surface area contributed by atoms with Crippen LogP contribution in [0.25, 0.3) is 0 Å². The third-order valence-electron chi connectivity index (χ3n) is 4.68. The Hall–Kier alpha value is -1.89. The Bertz CT molecular complexity index is 666. The number of rotatable bonds is 3. The monoisotopic (exact) mass is 348 g/mol. The van der Waals surface area contributed by atoms with Crippen molar-refractivity contribution in [2.45, 2.75) is 18.9 Å². The van der Waals surface area contributed by atoms with E-state index >= 15 is 0 Å². The second kappa shape index (κ2) is 6.55. The summed E-state index contributed by atoms with van der Waals surface area (Å²) in [5.41, 5.74) is 1.08. The highest BCUT2D eigenvalue weighted by Crippen LogP contribution is 2.38. The SMILES string of the molecule is O=C1CSCN1CC(=O)N1CCC[C@@H]1c1ccc2c(c1)OCCO2. The largest absolute Gasteiger partial charge is 0.486 e. The summed E-state index contributed by atoms with van der Waals surface area (Å²) in [6.07, 6.45) is 1.92. The van der Waals surface area contributed by atoms with Crippen LogP contribution in [-0.2, 0) is 9.59 Å². The van der Waals surface area contributed by atoms with E-state index in [-0.39, 0.29) is 24.4 Å². The number of thioether (sulfide) groups is 1. The zero-order valence-corrected chi connectivity index (χ0v) is 14.2. The molecule has 0 aromatic heterocycles. The molecule has 2 amide bonds. The number of benzene rings is 1. The van der Waals surface area contributed by atoms with Crippen molar-refractivity contribution in [3.63, 3.8) is 0 Å². The number of carbonyl (C=O) groups is 2. The quantitative estimate of drug-likeness (QED) is 0.831. The minimum Gasteiger partial charge on any atom is -0.486 e. The fraction of sp³-hybridized carbons (Fsp3) is 0.529. The van der Waals surface area contributed by atoms with Gasteiger partial charge in [-0.15, -0.1) is 11.8 Å². The molecule has 2 saturated heterocycles. The van der Waals surface area contributed by atoms with E-state index in [0.29, 0.717) is 24.8 Å². The number of likely N-dealkylation sites (tertiary alicyclic amines) is 1. The number of fused-ring (bicyclic) bond motifs is 1. The number of hydrogen-bond donors (Lipinski definition) is 0. The average Bonchev–Trinajstić information content (AvgIpc) is 3.24. The van der Waals surface area contributed by atoms with E-state index in [9.17, 15) is 9.59 Å². The molecule has 128 valence electrons. The van der Waals surface area contributed by atoms with Crippen LogP contribution in [0.15, 0.2) is 18.2 Å². The molecule has 1 atom stereocenters. The first-order chi connectivity index (χ1) is 11.7. The fourth-order valence-corrected chi connectivity index (χ4v) is 4.38. The van der Waals surface area contributed by atoms with Gasteiger partial charge in [0.2, 0.25) is 11.8 Å². The van der Waals surface area contributed by atoms with Gasteiger partial charge in [0, 0.05) is 6.54 Å². The molecular formula is C17H20N2O4S. The van der Waals surface area contributed by atoms with E-state index < -0.39 is 0 Å². The Labute approximate surface area is 145 Å². The number of carbonyl (C=O) groups excluding carboxylic acids is 2.